The number of carbonyl (C=O) groups excluding carboxylic acids is 1. The quantitative estimate of drug-likeness (QED) is 0.825. The van der Waals surface area contributed by atoms with Crippen LogP contribution in [0.15, 0.2) is 22.7 Å². The molecule has 0 bridgehead atoms. The van der Waals surface area contributed by atoms with E-state index < -0.39 is 0 Å². The van der Waals surface area contributed by atoms with Crippen LogP contribution in [0.4, 0.5) is 4.39 Å². The van der Waals surface area contributed by atoms with Gasteiger partial charge in [0, 0.05) is 23.9 Å². The van der Waals surface area contributed by atoms with E-state index in [1.807, 2.05) is 16.7 Å². The molecule has 1 aromatic carbocycles. The van der Waals surface area contributed by atoms with E-state index >= 15 is 0 Å². The van der Waals surface area contributed by atoms with Gasteiger partial charge in [0.05, 0.1) is 4.47 Å². The van der Waals surface area contributed by atoms with Gasteiger partial charge in [-0.2, -0.15) is 11.8 Å². The topological polar surface area (TPSA) is 20.3 Å². The van der Waals surface area contributed by atoms with Crippen LogP contribution in [0.25, 0.3) is 0 Å². The fraction of sp³-hybridized carbons (Fsp3) is 0.462. The SMILES string of the molecule is CSC1CCN(C(=O)c2ccc(F)c(Br)c2)CC1. The molecule has 1 saturated heterocycles. The Morgan fingerprint density at radius 2 is 2.11 bits per heavy atom. The number of hydrogen-bond acceptors (Lipinski definition) is 2. The second-order valence-corrected chi connectivity index (χ2v) is 6.35. The van der Waals surface area contributed by atoms with Crippen molar-refractivity contribution in [3.8, 4) is 0 Å². The molecule has 0 saturated carbocycles. The molecule has 0 N–H and O–H groups in total. The van der Waals surface area contributed by atoms with E-state index in [-0.39, 0.29) is 11.7 Å². The van der Waals surface area contributed by atoms with Gasteiger partial charge >= 0.3 is 0 Å². The third-order valence-electron chi connectivity index (χ3n) is 3.23. The first-order valence-corrected chi connectivity index (χ1v) is 7.97. The summed E-state index contributed by atoms with van der Waals surface area (Å²) >= 11 is 4.97. The van der Waals surface area contributed by atoms with Crippen molar-refractivity contribution in [2.24, 2.45) is 0 Å². The minimum Gasteiger partial charge on any atom is -0.339 e. The molecule has 1 aliphatic heterocycles. The van der Waals surface area contributed by atoms with E-state index in [9.17, 15) is 9.18 Å². The van der Waals surface area contributed by atoms with Crippen molar-refractivity contribution >= 4 is 33.6 Å². The van der Waals surface area contributed by atoms with E-state index in [2.05, 4.69) is 22.2 Å². The van der Waals surface area contributed by atoms with Crippen LogP contribution in [0.1, 0.15) is 23.2 Å². The Kier molecular flexibility index (Phi) is 4.67. The lowest BCUT2D eigenvalue weighted by Gasteiger charge is -2.31. The Balaban J connectivity index is 2.05. The summed E-state index contributed by atoms with van der Waals surface area (Å²) in [6, 6.07) is 4.42. The summed E-state index contributed by atoms with van der Waals surface area (Å²) in [5.74, 6) is -0.345. The molecule has 0 aromatic heterocycles. The second-order valence-electron chi connectivity index (χ2n) is 4.36. The number of halogens is 2. The van der Waals surface area contributed by atoms with Gasteiger partial charge in [0.25, 0.3) is 5.91 Å². The van der Waals surface area contributed by atoms with Gasteiger partial charge in [0.15, 0.2) is 0 Å². The lowest BCUT2D eigenvalue weighted by Crippen LogP contribution is -2.39. The zero-order valence-corrected chi connectivity index (χ0v) is 12.6. The lowest BCUT2D eigenvalue weighted by atomic mass is 10.1. The fourth-order valence-corrected chi connectivity index (χ4v) is 3.17. The number of benzene rings is 1. The summed E-state index contributed by atoms with van der Waals surface area (Å²) in [5.41, 5.74) is 0.547. The monoisotopic (exact) mass is 331 g/mol. The zero-order valence-electron chi connectivity index (χ0n) is 10.2. The van der Waals surface area contributed by atoms with Crippen molar-refractivity contribution in [3.05, 3.63) is 34.1 Å². The van der Waals surface area contributed by atoms with Crippen LogP contribution in [0.3, 0.4) is 0 Å². The maximum Gasteiger partial charge on any atom is 0.253 e. The van der Waals surface area contributed by atoms with E-state index in [4.69, 9.17) is 0 Å². The highest BCUT2D eigenvalue weighted by Crippen LogP contribution is 2.23. The number of nitrogens with zero attached hydrogens (tertiary/aromatic N) is 1. The number of hydrogen-bond donors (Lipinski definition) is 0. The van der Waals surface area contributed by atoms with Crippen molar-refractivity contribution in [1.82, 2.24) is 4.90 Å². The van der Waals surface area contributed by atoms with Crippen LogP contribution in [0.5, 0.6) is 0 Å². The molecular weight excluding hydrogens is 317 g/mol. The van der Waals surface area contributed by atoms with Gasteiger partial charge in [-0.05, 0) is 53.2 Å². The molecule has 1 amide bonds. The Hall–Kier alpha value is -0.550. The molecule has 1 aliphatic rings. The third-order valence-corrected chi connectivity index (χ3v) is 4.97. The first-order valence-electron chi connectivity index (χ1n) is 5.89. The fourth-order valence-electron chi connectivity index (χ4n) is 2.11. The van der Waals surface area contributed by atoms with Crippen LogP contribution >= 0.6 is 27.7 Å². The minimum absolute atomic E-state index is 0.00440. The van der Waals surface area contributed by atoms with Crippen LogP contribution < -0.4 is 0 Å². The van der Waals surface area contributed by atoms with E-state index in [0.29, 0.717) is 15.3 Å². The molecule has 98 valence electrons. The van der Waals surface area contributed by atoms with Gasteiger partial charge in [-0.15, -0.1) is 0 Å². The predicted molar refractivity (Wildman–Crippen MR) is 76.5 cm³/mol. The molecule has 2 rings (SSSR count). The molecule has 18 heavy (non-hydrogen) atoms. The highest BCUT2D eigenvalue weighted by molar-refractivity contribution is 9.10. The van der Waals surface area contributed by atoms with E-state index in [1.165, 1.54) is 6.07 Å². The second kappa shape index (κ2) is 6.06. The number of piperidine rings is 1. The molecule has 1 aromatic rings. The van der Waals surface area contributed by atoms with Crippen LogP contribution in [0.2, 0.25) is 0 Å². The first kappa shape index (κ1) is 13.9. The zero-order chi connectivity index (χ0) is 13.1. The average Bonchev–Trinajstić information content (AvgIpc) is 2.41. The molecule has 1 heterocycles. The predicted octanol–water partition coefficient (Wildman–Crippen LogP) is 3.56. The molecule has 0 radical (unpaired) electrons. The highest BCUT2D eigenvalue weighted by atomic mass is 79.9. The van der Waals surface area contributed by atoms with Crippen molar-refractivity contribution < 1.29 is 9.18 Å². The standard InChI is InChI=1S/C13H15BrFNOS/c1-18-10-4-6-16(7-5-10)13(17)9-2-3-12(15)11(14)8-9/h2-3,8,10H,4-7H2,1H3. The maximum absolute atomic E-state index is 13.1. The van der Waals surface area contributed by atoms with Gasteiger partial charge in [-0.1, -0.05) is 0 Å². The maximum atomic E-state index is 13.1. The molecule has 0 atom stereocenters. The van der Waals surface area contributed by atoms with Crippen LogP contribution in [-0.4, -0.2) is 35.4 Å². The average molecular weight is 332 g/mol. The molecule has 1 fully saturated rings. The summed E-state index contributed by atoms with van der Waals surface area (Å²) in [4.78, 5) is 14.1. The summed E-state index contributed by atoms with van der Waals surface area (Å²) in [6.45, 7) is 1.58. The molecular formula is C13H15BrFNOS. The van der Waals surface area contributed by atoms with E-state index in [0.717, 1.165) is 25.9 Å². The van der Waals surface area contributed by atoms with Crippen molar-refractivity contribution in [2.45, 2.75) is 18.1 Å². The summed E-state index contributed by atoms with van der Waals surface area (Å²) < 4.78 is 13.5. The number of likely N-dealkylation sites (tertiary alicyclic amines) is 1. The van der Waals surface area contributed by atoms with E-state index in [1.54, 1.807) is 12.1 Å². The van der Waals surface area contributed by atoms with Crippen molar-refractivity contribution in [2.75, 3.05) is 19.3 Å². The number of amides is 1. The number of carbonyl (C=O) groups is 1. The van der Waals surface area contributed by atoms with Gasteiger partial charge in [0.1, 0.15) is 5.82 Å². The summed E-state index contributed by atoms with van der Waals surface area (Å²) in [6.07, 6.45) is 4.18. The van der Waals surface area contributed by atoms with Gasteiger partial charge in [0.2, 0.25) is 0 Å². The number of thioether (sulfide) groups is 1. The number of rotatable bonds is 2. The third kappa shape index (κ3) is 3.06. The largest absolute Gasteiger partial charge is 0.339 e. The first-order chi connectivity index (χ1) is 8.61. The normalized spacial score (nSPS) is 16.9. The Morgan fingerprint density at radius 3 is 2.67 bits per heavy atom. The lowest BCUT2D eigenvalue weighted by molar-refractivity contribution is 0.0727. The van der Waals surface area contributed by atoms with Crippen LogP contribution in [-0.2, 0) is 0 Å². The molecule has 0 aliphatic carbocycles. The van der Waals surface area contributed by atoms with Gasteiger partial charge < -0.3 is 4.90 Å². The van der Waals surface area contributed by atoms with Crippen LogP contribution in [0, 0.1) is 5.82 Å². The summed E-state index contributed by atoms with van der Waals surface area (Å²) in [5, 5.41) is 0.661. The minimum atomic E-state index is -0.340. The summed E-state index contributed by atoms with van der Waals surface area (Å²) in [7, 11) is 0. The Labute approximate surface area is 119 Å². The molecule has 0 unspecified atom stereocenters. The van der Waals surface area contributed by atoms with Crippen molar-refractivity contribution in [3.63, 3.8) is 0 Å². The molecule has 2 nitrogen and oxygen atoms in total. The van der Waals surface area contributed by atoms with Gasteiger partial charge in [-0.3, -0.25) is 4.79 Å². The highest BCUT2D eigenvalue weighted by Gasteiger charge is 2.23. The Morgan fingerprint density at radius 1 is 1.44 bits per heavy atom. The molecule has 0 spiro atoms. The molecule has 5 heteroatoms. The van der Waals surface area contributed by atoms with Gasteiger partial charge in [-0.25, -0.2) is 4.39 Å². The van der Waals surface area contributed by atoms with Crippen molar-refractivity contribution in [1.29, 1.82) is 0 Å². The Bertz CT molecular complexity index is 447. The smallest absolute Gasteiger partial charge is 0.253 e.